The summed E-state index contributed by atoms with van der Waals surface area (Å²) in [7, 11) is 0. The van der Waals surface area contributed by atoms with Crippen LogP contribution >= 0.6 is 25.3 Å². The molecule has 32 heavy (non-hydrogen) atoms. The monoisotopic (exact) mass is 480 g/mol. The molecule has 7 nitrogen and oxygen atoms in total. The van der Waals surface area contributed by atoms with Gasteiger partial charge in [-0.25, -0.2) is 0 Å². The quantitative estimate of drug-likeness (QED) is 0.654. The molecule has 9 heteroatoms. The summed E-state index contributed by atoms with van der Waals surface area (Å²) in [4.78, 5) is 39.5. The Kier molecular flexibility index (Phi) is 11.0. The molecule has 0 radical (unpaired) electrons. The maximum atomic E-state index is 13.2. The van der Waals surface area contributed by atoms with Gasteiger partial charge in [0.25, 0.3) is 5.91 Å². The number of benzene rings is 1. The first-order chi connectivity index (χ1) is 14.1. The van der Waals surface area contributed by atoms with Crippen LogP contribution in [-0.2, 0) is 20.1 Å². The van der Waals surface area contributed by atoms with E-state index in [1.807, 2.05) is 30.3 Å². The molecule has 2 saturated heterocycles. The Morgan fingerprint density at radius 3 is 2.62 bits per heavy atom. The Balaban J connectivity index is 0.00000171. The number of hydrogen-bond acceptors (Lipinski definition) is 6. The van der Waals surface area contributed by atoms with Gasteiger partial charge in [-0.2, -0.15) is 25.3 Å². The molecule has 0 aliphatic carbocycles. The predicted molar refractivity (Wildman–Crippen MR) is 131 cm³/mol. The van der Waals surface area contributed by atoms with Crippen molar-refractivity contribution in [2.24, 2.45) is 0 Å². The van der Waals surface area contributed by atoms with Crippen molar-refractivity contribution in [3.05, 3.63) is 60.1 Å². The zero-order chi connectivity index (χ0) is 20.2. The Morgan fingerprint density at radius 2 is 1.94 bits per heavy atom. The normalized spacial score (nSPS) is 19.8. The molecule has 2 aliphatic heterocycles. The van der Waals surface area contributed by atoms with E-state index in [0.29, 0.717) is 24.3 Å². The van der Waals surface area contributed by atoms with Gasteiger partial charge in [0.05, 0.1) is 17.9 Å². The number of amides is 2. The fourth-order valence-corrected chi connectivity index (χ4v) is 4.73. The van der Waals surface area contributed by atoms with Gasteiger partial charge >= 0.3 is 0 Å². The number of rotatable bonds is 7. The standard InChI is InChI=1S/C21H22N2O5S.2CH4.H2S/c24-17-11-28-18-6-8-23(19(17)18)21(26)16(22-20(25)15-7-9-27-10-15)13-29-12-14-4-2-1-3-5-14;;;/h1-5,7,9-10,16,18-19H,6,8,11-13H2,(H,22,25);2*1H4;1H2/t16-,18+,19+;;;/m0.../s1. The minimum Gasteiger partial charge on any atom is -0.472 e. The second-order valence-corrected chi connectivity index (χ2v) is 8.15. The lowest BCUT2D eigenvalue weighted by Crippen LogP contribution is -2.53. The third-order valence-electron chi connectivity index (χ3n) is 5.18. The minimum absolute atomic E-state index is 0. The number of carbonyl (C=O) groups is 3. The van der Waals surface area contributed by atoms with Gasteiger partial charge in [0.1, 0.15) is 25.0 Å². The van der Waals surface area contributed by atoms with Crippen LogP contribution in [0.1, 0.15) is 37.2 Å². The molecule has 2 fully saturated rings. The van der Waals surface area contributed by atoms with Crippen LogP contribution in [0.15, 0.2) is 53.3 Å². The number of thioether (sulfide) groups is 1. The third-order valence-corrected chi connectivity index (χ3v) is 6.28. The second kappa shape index (κ2) is 12.7. The number of nitrogens with zero attached hydrogens (tertiary/aromatic N) is 1. The van der Waals surface area contributed by atoms with E-state index in [4.69, 9.17) is 9.15 Å². The van der Waals surface area contributed by atoms with Crippen LogP contribution in [0.3, 0.4) is 0 Å². The molecule has 1 aromatic heterocycles. The van der Waals surface area contributed by atoms with Crippen LogP contribution in [0.25, 0.3) is 0 Å². The maximum absolute atomic E-state index is 13.2. The van der Waals surface area contributed by atoms with Crippen LogP contribution in [-0.4, -0.2) is 59.6 Å². The highest BCUT2D eigenvalue weighted by Crippen LogP contribution is 2.28. The summed E-state index contributed by atoms with van der Waals surface area (Å²) >= 11 is 1.57. The van der Waals surface area contributed by atoms with Gasteiger partial charge in [-0.1, -0.05) is 45.2 Å². The lowest BCUT2D eigenvalue weighted by Gasteiger charge is -2.27. The molecule has 2 aromatic rings. The van der Waals surface area contributed by atoms with E-state index < -0.39 is 12.1 Å². The fourth-order valence-electron chi connectivity index (χ4n) is 3.72. The van der Waals surface area contributed by atoms with Gasteiger partial charge < -0.3 is 19.4 Å². The number of fused-ring (bicyclic) bond motifs is 1. The van der Waals surface area contributed by atoms with Crippen molar-refractivity contribution < 1.29 is 23.5 Å². The highest BCUT2D eigenvalue weighted by molar-refractivity contribution is 7.98. The summed E-state index contributed by atoms with van der Waals surface area (Å²) < 4.78 is 10.4. The Morgan fingerprint density at radius 1 is 1.19 bits per heavy atom. The lowest BCUT2D eigenvalue weighted by atomic mass is 10.1. The molecule has 1 aromatic carbocycles. The molecule has 1 N–H and O–H groups in total. The average molecular weight is 481 g/mol. The van der Waals surface area contributed by atoms with Gasteiger partial charge in [0, 0.05) is 18.1 Å². The number of carbonyl (C=O) groups excluding carboxylic acids is 3. The van der Waals surface area contributed by atoms with Crippen LogP contribution in [0.4, 0.5) is 0 Å². The van der Waals surface area contributed by atoms with E-state index in [0.717, 1.165) is 11.3 Å². The number of ether oxygens (including phenoxy) is 1. The van der Waals surface area contributed by atoms with Crippen molar-refractivity contribution in [2.45, 2.75) is 45.2 Å². The summed E-state index contributed by atoms with van der Waals surface area (Å²) in [6.45, 7) is 0.509. The topological polar surface area (TPSA) is 88.9 Å². The summed E-state index contributed by atoms with van der Waals surface area (Å²) in [6.07, 6.45) is 3.17. The first-order valence-corrected chi connectivity index (χ1v) is 10.7. The fraction of sp³-hybridized carbons (Fsp3) is 0.435. The van der Waals surface area contributed by atoms with E-state index >= 15 is 0 Å². The highest BCUT2D eigenvalue weighted by atomic mass is 32.2. The van der Waals surface area contributed by atoms with Crippen LogP contribution in [0.5, 0.6) is 0 Å². The van der Waals surface area contributed by atoms with E-state index in [-0.39, 0.29) is 58.7 Å². The molecule has 2 aliphatic rings. The van der Waals surface area contributed by atoms with E-state index in [1.165, 1.54) is 12.5 Å². The minimum atomic E-state index is -0.738. The largest absolute Gasteiger partial charge is 0.472 e. The predicted octanol–water partition coefficient (Wildman–Crippen LogP) is 3.27. The molecule has 0 bridgehead atoms. The second-order valence-electron chi connectivity index (χ2n) is 7.12. The molecule has 176 valence electrons. The van der Waals surface area contributed by atoms with Crippen molar-refractivity contribution in [3.8, 4) is 0 Å². The van der Waals surface area contributed by atoms with Gasteiger partial charge in [0.15, 0.2) is 5.78 Å². The average Bonchev–Trinajstić information content (AvgIpc) is 3.47. The molecule has 2 amide bonds. The summed E-state index contributed by atoms with van der Waals surface area (Å²) in [5.74, 6) is 0.439. The zero-order valence-corrected chi connectivity index (χ0v) is 18.1. The number of nitrogens with one attached hydrogen (secondary N) is 1. The van der Waals surface area contributed by atoms with Crippen molar-refractivity contribution in [3.63, 3.8) is 0 Å². The third kappa shape index (κ3) is 6.17. The van der Waals surface area contributed by atoms with Gasteiger partial charge in [-0.05, 0) is 18.1 Å². The molecule has 0 saturated carbocycles. The molecule has 3 heterocycles. The van der Waals surface area contributed by atoms with Gasteiger partial charge in [-0.3, -0.25) is 14.4 Å². The first kappa shape index (κ1) is 27.8. The first-order valence-electron chi connectivity index (χ1n) is 9.53. The van der Waals surface area contributed by atoms with Gasteiger partial charge in [0.2, 0.25) is 5.91 Å². The molecule has 3 atom stereocenters. The smallest absolute Gasteiger partial charge is 0.255 e. The number of likely N-dealkylation sites (tertiary alicyclic amines) is 1. The summed E-state index contributed by atoms with van der Waals surface area (Å²) in [5.41, 5.74) is 1.50. The lowest BCUT2D eigenvalue weighted by molar-refractivity contribution is -0.137. The molecule has 0 unspecified atom stereocenters. The molecule has 0 spiro atoms. The molecular formula is C23H32N2O5S2. The number of ketones is 1. The SMILES string of the molecule is C.C.O=C(N[C@@H](CSCc1ccccc1)C(=O)N1CC[C@H]2OCC(=O)[C@H]21)c1ccoc1.S. The van der Waals surface area contributed by atoms with Crippen molar-refractivity contribution in [2.75, 3.05) is 18.9 Å². The van der Waals surface area contributed by atoms with E-state index in [2.05, 4.69) is 5.32 Å². The number of hydrogen-bond donors (Lipinski definition) is 1. The van der Waals surface area contributed by atoms with Gasteiger partial charge in [-0.15, -0.1) is 0 Å². The maximum Gasteiger partial charge on any atom is 0.255 e. The summed E-state index contributed by atoms with van der Waals surface area (Å²) in [6, 6.07) is 10.2. The number of Topliss-reactive ketones (excluding diaryl/α,β-unsaturated/α-hetero) is 1. The number of furan rings is 1. The van der Waals surface area contributed by atoms with Crippen LogP contribution < -0.4 is 5.32 Å². The van der Waals surface area contributed by atoms with Crippen LogP contribution in [0, 0.1) is 0 Å². The van der Waals surface area contributed by atoms with Crippen molar-refractivity contribution in [1.82, 2.24) is 10.2 Å². The summed E-state index contributed by atoms with van der Waals surface area (Å²) in [5, 5.41) is 2.81. The Labute approximate surface area is 200 Å². The molecule has 4 rings (SSSR count). The Bertz CT molecular complexity index is 876. The zero-order valence-electron chi connectivity index (χ0n) is 16.3. The van der Waals surface area contributed by atoms with Crippen molar-refractivity contribution >= 4 is 42.9 Å². The van der Waals surface area contributed by atoms with E-state index in [9.17, 15) is 14.4 Å². The Hall–Kier alpha value is -2.23. The highest BCUT2D eigenvalue weighted by Gasteiger charge is 2.48. The van der Waals surface area contributed by atoms with Crippen LogP contribution in [0.2, 0.25) is 0 Å². The van der Waals surface area contributed by atoms with E-state index in [1.54, 1.807) is 22.7 Å². The molecular weight excluding hydrogens is 448 g/mol. The van der Waals surface area contributed by atoms with Crippen molar-refractivity contribution in [1.29, 1.82) is 0 Å².